The van der Waals surface area contributed by atoms with Crippen molar-refractivity contribution < 1.29 is 17.9 Å². The highest BCUT2D eigenvalue weighted by atomic mass is 19.4. The van der Waals surface area contributed by atoms with Crippen LogP contribution in [0.2, 0.25) is 0 Å². The monoisotopic (exact) mass is 274 g/mol. The highest BCUT2D eigenvalue weighted by Crippen LogP contribution is 2.37. The zero-order valence-corrected chi connectivity index (χ0v) is 12.1. The lowest BCUT2D eigenvalue weighted by molar-refractivity contribution is -0.181. The fourth-order valence-corrected chi connectivity index (χ4v) is 2.00. The van der Waals surface area contributed by atoms with Gasteiger partial charge < -0.3 is 4.74 Å². The van der Waals surface area contributed by atoms with Crippen LogP contribution in [0.5, 0.6) is 0 Å². The molecule has 19 heavy (non-hydrogen) atoms. The van der Waals surface area contributed by atoms with Gasteiger partial charge >= 0.3 is 6.18 Å². The molecule has 0 bridgehead atoms. The first-order valence-electron chi connectivity index (χ1n) is 6.21. The molecule has 0 fully saturated rings. The van der Waals surface area contributed by atoms with Gasteiger partial charge in [0.25, 0.3) is 0 Å². The minimum absolute atomic E-state index is 0.0218. The van der Waals surface area contributed by atoms with Crippen LogP contribution in [0.25, 0.3) is 0 Å². The van der Waals surface area contributed by atoms with E-state index < -0.39 is 18.2 Å². The Balaban J connectivity index is 3.07. The molecule has 0 saturated carbocycles. The van der Waals surface area contributed by atoms with Crippen LogP contribution < -0.4 is 0 Å². The second-order valence-electron chi connectivity index (χ2n) is 6.05. The molecule has 0 spiro atoms. The lowest BCUT2D eigenvalue weighted by atomic mass is 9.84. The molecule has 1 aromatic rings. The summed E-state index contributed by atoms with van der Waals surface area (Å²) < 4.78 is 42.9. The van der Waals surface area contributed by atoms with Crippen molar-refractivity contribution >= 4 is 0 Å². The predicted octanol–water partition coefficient (Wildman–Crippen LogP) is 4.80. The smallest absolute Gasteiger partial charge is 0.373 e. The van der Waals surface area contributed by atoms with Gasteiger partial charge in [-0.3, -0.25) is 0 Å². The van der Waals surface area contributed by atoms with Gasteiger partial charge in [-0.05, 0) is 23.5 Å². The van der Waals surface area contributed by atoms with E-state index in [-0.39, 0.29) is 5.41 Å². The molecule has 1 unspecified atom stereocenters. The average molecular weight is 274 g/mol. The van der Waals surface area contributed by atoms with E-state index in [2.05, 4.69) is 20.8 Å². The van der Waals surface area contributed by atoms with Crippen LogP contribution in [0.1, 0.15) is 45.2 Å². The number of ether oxygens (including phenoxy) is 1. The lowest BCUT2D eigenvalue weighted by Crippen LogP contribution is -2.31. The highest BCUT2D eigenvalue weighted by Gasteiger charge is 2.40. The molecule has 0 heterocycles. The quantitative estimate of drug-likeness (QED) is 0.769. The SMILES string of the molecule is COC(C)(CC(F)(F)F)c1ccc(C(C)(C)C)cc1. The molecule has 0 amide bonds. The Kier molecular flexibility index (Phi) is 4.35. The number of rotatable bonds is 3. The second kappa shape index (κ2) is 5.16. The van der Waals surface area contributed by atoms with E-state index in [0.717, 1.165) is 5.56 Å². The fourth-order valence-electron chi connectivity index (χ4n) is 2.00. The molecular formula is C15H21F3O. The van der Waals surface area contributed by atoms with E-state index in [1.807, 2.05) is 12.1 Å². The Morgan fingerprint density at radius 2 is 1.32 bits per heavy atom. The number of halogens is 3. The molecule has 1 rings (SSSR count). The molecule has 0 N–H and O–H groups in total. The van der Waals surface area contributed by atoms with Crippen LogP contribution >= 0.6 is 0 Å². The van der Waals surface area contributed by atoms with E-state index >= 15 is 0 Å². The number of methoxy groups -OCH3 is 1. The molecule has 0 aliphatic rings. The molecule has 108 valence electrons. The maximum Gasteiger partial charge on any atom is 0.392 e. The van der Waals surface area contributed by atoms with Gasteiger partial charge in [0.2, 0.25) is 0 Å². The first kappa shape index (κ1) is 16.0. The summed E-state index contributed by atoms with van der Waals surface area (Å²) in [6.45, 7) is 7.65. The Hall–Kier alpha value is -1.03. The standard InChI is InChI=1S/C15H21F3O/c1-13(2,3)11-6-8-12(9-7-11)14(4,19-5)10-15(16,17)18/h6-9H,10H2,1-5H3. The second-order valence-corrected chi connectivity index (χ2v) is 6.05. The van der Waals surface area contributed by atoms with Crippen LogP contribution in [-0.4, -0.2) is 13.3 Å². The number of benzene rings is 1. The molecule has 4 heteroatoms. The Morgan fingerprint density at radius 3 is 1.63 bits per heavy atom. The summed E-state index contributed by atoms with van der Waals surface area (Å²) in [6.07, 6.45) is -5.25. The number of hydrogen-bond acceptors (Lipinski definition) is 1. The summed E-state index contributed by atoms with van der Waals surface area (Å²) in [7, 11) is 1.31. The first-order valence-corrected chi connectivity index (χ1v) is 6.21. The molecule has 0 aliphatic heterocycles. The van der Waals surface area contributed by atoms with Gasteiger partial charge in [-0.2, -0.15) is 13.2 Å². The van der Waals surface area contributed by atoms with Gasteiger partial charge in [0, 0.05) is 7.11 Å². The van der Waals surface area contributed by atoms with Gasteiger partial charge in [0.1, 0.15) is 0 Å². The minimum Gasteiger partial charge on any atom is -0.373 e. The molecular weight excluding hydrogens is 253 g/mol. The number of alkyl halides is 3. The van der Waals surface area contributed by atoms with Gasteiger partial charge in [-0.1, -0.05) is 45.0 Å². The Bertz CT molecular complexity index is 415. The van der Waals surface area contributed by atoms with Crippen molar-refractivity contribution in [2.24, 2.45) is 0 Å². The first-order chi connectivity index (χ1) is 8.48. The maximum absolute atomic E-state index is 12.6. The number of hydrogen-bond donors (Lipinski definition) is 0. The fraction of sp³-hybridized carbons (Fsp3) is 0.600. The summed E-state index contributed by atoms with van der Waals surface area (Å²) in [4.78, 5) is 0. The Labute approximate surface area is 112 Å². The predicted molar refractivity (Wildman–Crippen MR) is 70.2 cm³/mol. The summed E-state index contributed by atoms with van der Waals surface area (Å²) in [5, 5.41) is 0. The molecule has 1 atom stereocenters. The zero-order valence-electron chi connectivity index (χ0n) is 12.1. The van der Waals surface area contributed by atoms with E-state index in [1.165, 1.54) is 14.0 Å². The van der Waals surface area contributed by atoms with Crippen LogP contribution in [0.4, 0.5) is 13.2 Å². The molecule has 0 aromatic heterocycles. The van der Waals surface area contributed by atoms with Crippen LogP contribution in [0.3, 0.4) is 0 Å². The summed E-state index contributed by atoms with van der Waals surface area (Å²) in [6, 6.07) is 7.16. The third-order valence-electron chi connectivity index (χ3n) is 3.35. The lowest BCUT2D eigenvalue weighted by Gasteiger charge is -2.30. The normalized spacial score (nSPS) is 16.2. The third-order valence-corrected chi connectivity index (χ3v) is 3.35. The van der Waals surface area contributed by atoms with Crippen molar-refractivity contribution in [2.75, 3.05) is 7.11 Å². The minimum atomic E-state index is -4.26. The van der Waals surface area contributed by atoms with E-state index in [4.69, 9.17) is 4.74 Å². The van der Waals surface area contributed by atoms with Crippen molar-refractivity contribution in [3.05, 3.63) is 35.4 Å². The van der Waals surface area contributed by atoms with Crippen molar-refractivity contribution in [3.63, 3.8) is 0 Å². The van der Waals surface area contributed by atoms with E-state index in [1.54, 1.807) is 12.1 Å². The topological polar surface area (TPSA) is 9.23 Å². The van der Waals surface area contributed by atoms with Gasteiger partial charge in [0.15, 0.2) is 0 Å². The summed E-state index contributed by atoms with van der Waals surface area (Å²) in [5.74, 6) is 0. The van der Waals surface area contributed by atoms with E-state index in [9.17, 15) is 13.2 Å². The van der Waals surface area contributed by atoms with Gasteiger partial charge in [-0.15, -0.1) is 0 Å². The molecule has 0 saturated heterocycles. The van der Waals surface area contributed by atoms with Crippen molar-refractivity contribution in [2.45, 2.75) is 51.3 Å². The summed E-state index contributed by atoms with van der Waals surface area (Å²) >= 11 is 0. The Morgan fingerprint density at radius 1 is 0.895 bits per heavy atom. The molecule has 0 radical (unpaired) electrons. The van der Waals surface area contributed by atoms with Crippen molar-refractivity contribution in [3.8, 4) is 0 Å². The van der Waals surface area contributed by atoms with Crippen molar-refractivity contribution in [1.82, 2.24) is 0 Å². The highest BCUT2D eigenvalue weighted by molar-refractivity contribution is 5.30. The van der Waals surface area contributed by atoms with Crippen molar-refractivity contribution in [1.29, 1.82) is 0 Å². The van der Waals surface area contributed by atoms with Gasteiger partial charge in [-0.25, -0.2) is 0 Å². The van der Waals surface area contributed by atoms with Crippen LogP contribution in [-0.2, 0) is 15.8 Å². The maximum atomic E-state index is 12.6. The molecule has 1 aromatic carbocycles. The average Bonchev–Trinajstić information content (AvgIpc) is 2.26. The summed E-state index contributed by atoms with van der Waals surface area (Å²) in [5.41, 5.74) is 0.266. The zero-order chi connectivity index (χ0) is 14.9. The van der Waals surface area contributed by atoms with Crippen LogP contribution in [0, 0.1) is 0 Å². The third kappa shape index (κ3) is 4.23. The molecule has 0 aliphatic carbocycles. The van der Waals surface area contributed by atoms with Gasteiger partial charge in [0.05, 0.1) is 12.0 Å². The largest absolute Gasteiger partial charge is 0.392 e. The molecule has 1 nitrogen and oxygen atoms in total. The van der Waals surface area contributed by atoms with E-state index in [0.29, 0.717) is 5.56 Å². The van der Waals surface area contributed by atoms with Crippen LogP contribution in [0.15, 0.2) is 24.3 Å².